The van der Waals surface area contributed by atoms with Crippen molar-refractivity contribution in [3.8, 4) is 0 Å². The van der Waals surface area contributed by atoms with Gasteiger partial charge in [-0.1, -0.05) is 23.2 Å². The lowest BCUT2D eigenvalue weighted by Gasteiger charge is -2.29. The number of hydrogen-bond acceptors (Lipinski definition) is 8. The average Bonchev–Trinajstić information content (AvgIpc) is 3.39. The van der Waals surface area contributed by atoms with Crippen molar-refractivity contribution in [3.05, 3.63) is 50.5 Å². The standard InChI is InChI=1S/C16H13Cl3N6O4S2/c17-11-1-2-13(12(18)7-11)31(27,28)24-5-3-23(4-6-24)25-14(19)16(29-22-25)21-15(26)10-8-20-30-9-10/h1-2,7-9H,3-6H2/p+1. The highest BCUT2D eigenvalue weighted by molar-refractivity contribution is 7.89. The number of anilines is 1. The largest absolute Gasteiger partial charge is 0.400 e. The topological polar surface area (TPSA) is 113 Å². The number of carbonyl (C=O) groups excluding carboxylic acids is 1. The molecule has 0 atom stereocenters. The van der Waals surface area contributed by atoms with Gasteiger partial charge in [-0.2, -0.15) is 4.31 Å². The predicted octanol–water partition coefficient (Wildman–Crippen LogP) is 2.27. The lowest BCUT2D eigenvalue weighted by molar-refractivity contribution is -0.757. The van der Waals surface area contributed by atoms with Gasteiger partial charge in [-0.15, -0.1) is 5.01 Å². The van der Waals surface area contributed by atoms with Crippen LogP contribution in [-0.4, -0.2) is 54.5 Å². The summed E-state index contributed by atoms with van der Waals surface area (Å²) in [6, 6.07) is 4.25. The molecule has 31 heavy (non-hydrogen) atoms. The Morgan fingerprint density at radius 1 is 1.19 bits per heavy atom. The van der Waals surface area contributed by atoms with Crippen LogP contribution in [0.4, 0.5) is 5.88 Å². The van der Waals surface area contributed by atoms with Gasteiger partial charge in [0.15, 0.2) is 0 Å². The molecule has 1 aliphatic heterocycles. The van der Waals surface area contributed by atoms with E-state index in [2.05, 4.69) is 15.0 Å². The zero-order valence-electron chi connectivity index (χ0n) is 15.5. The molecular formula is C16H14Cl3N6O4S2+. The fraction of sp³-hybridized carbons (Fsp3) is 0.250. The van der Waals surface area contributed by atoms with E-state index in [1.54, 1.807) is 10.4 Å². The Labute approximate surface area is 196 Å². The summed E-state index contributed by atoms with van der Waals surface area (Å²) in [7, 11) is -3.79. The third kappa shape index (κ3) is 4.49. The number of carbonyl (C=O) groups is 1. The zero-order valence-corrected chi connectivity index (χ0v) is 19.4. The highest BCUT2D eigenvalue weighted by Crippen LogP contribution is 2.28. The van der Waals surface area contributed by atoms with E-state index in [1.807, 2.05) is 0 Å². The molecule has 3 aromatic rings. The molecule has 3 heterocycles. The number of rotatable bonds is 5. The Morgan fingerprint density at radius 3 is 2.58 bits per heavy atom. The minimum atomic E-state index is -3.79. The first-order chi connectivity index (χ1) is 14.8. The molecule has 15 heteroatoms. The Kier molecular flexibility index (Phi) is 6.37. The molecule has 0 unspecified atom stereocenters. The van der Waals surface area contributed by atoms with E-state index in [0.29, 0.717) is 10.6 Å². The van der Waals surface area contributed by atoms with Crippen LogP contribution in [0.25, 0.3) is 0 Å². The second-order valence-electron chi connectivity index (χ2n) is 6.38. The molecule has 1 N–H and O–H groups in total. The van der Waals surface area contributed by atoms with Gasteiger partial charge in [0.05, 0.1) is 34.7 Å². The van der Waals surface area contributed by atoms with Crippen molar-refractivity contribution in [2.45, 2.75) is 4.90 Å². The number of nitrogens with one attached hydrogen (secondary N) is 1. The summed E-state index contributed by atoms with van der Waals surface area (Å²) in [5.74, 6) is -0.462. The molecule has 0 aliphatic carbocycles. The van der Waals surface area contributed by atoms with E-state index in [-0.39, 0.29) is 47.1 Å². The summed E-state index contributed by atoms with van der Waals surface area (Å²) in [6.45, 7) is 0.895. The molecule has 1 fully saturated rings. The number of piperazine rings is 1. The summed E-state index contributed by atoms with van der Waals surface area (Å²) in [5.41, 5.74) is 0.365. The van der Waals surface area contributed by atoms with Crippen LogP contribution in [0.1, 0.15) is 10.4 Å². The summed E-state index contributed by atoms with van der Waals surface area (Å²) in [5, 5.41) is 10.1. The minimum Gasteiger partial charge on any atom is -0.283 e. The molecule has 1 aromatic carbocycles. The lowest BCUT2D eigenvalue weighted by Crippen LogP contribution is -2.66. The molecule has 1 saturated heterocycles. The number of halogens is 3. The summed E-state index contributed by atoms with van der Waals surface area (Å²) < 4.78 is 36.2. The molecule has 0 saturated carbocycles. The second kappa shape index (κ2) is 8.88. The Morgan fingerprint density at radius 2 is 1.94 bits per heavy atom. The van der Waals surface area contributed by atoms with Gasteiger partial charge in [0.2, 0.25) is 15.3 Å². The fourth-order valence-electron chi connectivity index (χ4n) is 2.92. The molecule has 0 bridgehead atoms. The van der Waals surface area contributed by atoms with E-state index >= 15 is 0 Å². The highest BCUT2D eigenvalue weighted by atomic mass is 35.5. The molecular weight excluding hydrogens is 511 g/mol. The number of nitrogens with zero attached hydrogens (tertiary/aromatic N) is 5. The van der Waals surface area contributed by atoms with Gasteiger partial charge in [-0.25, -0.2) is 12.8 Å². The van der Waals surface area contributed by atoms with Gasteiger partial charge >= 0.3 is 11.0 Å². The van der Waals surface area contributed by atoms with Crippen molar-refractivity contribution in [3.63, 3.8) is 0 Å². The van der Waals surface area contributed by atoms with E-state index in [4.69, 9.17) is 39.3 Å². The average molecular weight is 525 g/mol. The fourth-order valence-corrected chi connectivity index (χ4v) is 5.82. The van der Waals surface area contributed by atoms with Gasteiger partial charge in [-0.05, 0) is 29.7 Å². The number of amides is 1. The SMILES string of the molecule is O=C(Nc1on[n+](N2CCN(S(=O)(=O)c3ccc(Cl)cc3Cl)CC2)c1Cl)c1cnsc1. The maximum absolute atomic E-state index is 12.9. The molecule has 0 radical (unpaired) electrons. The first kappa shape index (κ1) is 22.2. The van der Waals surface area contributed by atoms with E-state index in [0.717, 1.165) is 11.5 Å². The Hall–Kier alpha value is -1.96. The molecule has 1 amide bonds. The van der Waals surface area contributed by atoms with Gasteiger partial charge in [0.1, 0.15) is 4.90 Å². The molecule has 164 valence electrons. The lowest BCUT2D eigenvalue weighted by atomic mass is 10.3. The number of hydrogen-bond donors (Lipinski definition) is 1. The van der Waals surface area contributed by atoms with Crippen LogP contribution in [0, 0.1) is 0 Å². The van der Waals surface area contributed by atoms with Crippen LogP contribution in [-0.2, 0) is 10.0 Å². The maximum atomic E-state index is 12.9. The van der Waals surface area contributed by atoms with Gasteiger partial charge in [-0.3, -0.25) is 14.6 Å². The van der Waals surface area contributed by atoms with Crippen LogP contribution < -0.4 is 15.1 Å². The molecule has 4 rings (SSSR count). The van der Waals surface area contributed by atoms with E-state index in [1.165, 1.54) is 33.5 Å². The zero-order chi connectivity index (χ0) is 22.2. The van der Waals surface area contributed by atoms with Crippen LogP contribution in [0.15, 0.2) is 39.2 Å². The molecule has 2 aromatic heterocycles. The van der Waals surface area contributed by atoms with Gasteiger partial charge < -0.3 is 0 Å². The van der Waals surface area contributed by atoms with Crippen LogP contribution >= 0.6 is 46.3 Å². The predicted molar refractivity (Wildman–Crippen MR) is 115 cm³/mol. The third-order valence-electron chi connectivity index (χ3n) is 4.49. The minimum absolute atomic E-state index is 0.00735. The maximum Gasteiger partial charge on any atom is 0.400 e. The van der Waals surface area contributed by atoms with Crippen molar-refractivity contribution in [1.29, 1.82) is 0 Å². The van der Waals surface area contributed by atoms with Crippen LogP contribution in [0.2, 0.25) is 15.2 Å². The highest BCUT2D eigenvalue weighted by Gasteiger charge is 2.36. The van der Waals surface area contributed by atoms with Crippen LogP contribution in [0.3, 0.4) is 0 Å². The number of sulfonamides is 1. The number of benzene rings is 1. The quantitative estimate of drug-likeness (QED) is 0.510. The molecule has 10 nitrogen and oxygen atoms in total. The van der Waals surface area contributed by atoms with Crippen molar-refractivity contribution in [1.82, 2.24) is 14.0 Å². The smallest absolute Gasteiger partial charge is 0.283 e. The Bertz CT molecular complexity index is 1210. The van der Waals surface area contributed by atoms with Crippen LogP contribution in [0.5, 0.6) is 0 Å². The second-order valence-corrected chi connectivity index (χ2v) is 10.1. The van der Waals surface area contributed by atoms with Crippen molar-refractivity contribution < 1.29 is 22.5 Å². The number of aromatic nitrogens is 3. The van der Waals surface area contributed by atoms with Crippen molar-refractivity contribution in [2.24, 2.45) is 0 Å². The van der Waals surface area contributed by atoms with Crippen molar-refractivity contribution in [2.75, 3.05) is 36.5 Å². The third-order valence-corrected chi connectivity index (χ3v) is 8.01. The Balaban J connectivity index is 1.44. The summed E-state index contributed by atoms with van der Waals surface area (Å²) in [6.07, 6.45) is 1.42. The summed E-state index contributed by atoms with van der Waals surface area (Å²) in [4.78, 5) is 13.4. The monoisotopic (exact) mass is 523 g/mol. The van der Waals surface area contributed by atoms with Gasteiger partial charge in [0.25, 0.3) is 5.91 Å². The first-order valence-corrected chi connectivity index (χ1v) is 12.2. The van der Waals surface area contributed by atoms with E-state index < -0.39 is 15.9 Å². The summed E-state index contributed by atoms with van der Waals surface area (Å²) >= 11 is 19.4. The first-order valence-electron chi connectivity index (χ1n) is 8.76. The van der Waals surface area contributed by atoms with Gasteiger partial charge in [0, 0.05) is 35.1 Å². The molecule has 1 aliphatic rings. The normalized spacial score (nSPS) is 15.3. The van der Waals surface area contributed by atoms with E-state index in [9.17, 15) is 13.2 Å². The van der Waals surface area contributed by atoms with Crippen molar-refractivity contribution >= 4 is 68.1 Å². The molecule has 0 spiro atoms.